The second-order valence-corrected chi connectivity index (χ2v) is 9.22. The molecular weight excluding hydrogens is 441 g/mol. The van der Waals surface area contributed by atoms with E-state index in [2.05, 4.69) is 9.71 Å². The Morgan fingerprint density at radius 1 is 1.27 bits per heavy atom. The lowest BCUT2D eigenvalue weighted by atomic mass is 10.2. The third-order valence-electron chi connectivity index (χ3n) is 4.00. The van der Waals surface area contributed by atoms with Crippen molar-refractivity contribution in [1.29, 1.82) is 0 Å². The van der Waals surface area contributed by atoms with Crippen molar-refractivity contribution in [3.05, 3.63) is 65.6 Å². The van der Waals surface area contributed by atoms with E-state index in [1.165, 1.54) is 54.7 Å². The van der Waals surface area contributed by atoms with Gasteiger partial charge in [-0.25, -0.2) is 13.4 Å². The molecule has 30 heavy (non-hydrogen) atoms. The number of halogens is 3. The summed E-state index contributed by atoms with van der Waals surface area (Å²) in [7, 11) is -2.34. The molecule has 0 saturated carbocycles. The molecule has 12 heteroatoms. The lowest BCUT2D eigenvalue weighted by Crippen LogP contribution is -2.29. The Labute approximate surface area is 174 Å². The van der Waals surface area contributed by atoms with E-state index in [1.807, 2.05) is 0 Å². The molecule has 0 saturated heterocycles. The van der Waals surface area contributed by atoms with Gasteiger partial charge in [0.05, 0.1) is 6.54 Å². The van der Waals surface area contributed by atoms with Crippen molar-refractivity contribution in [3.63, 3.8) is 0 Å². The molecule has 7 nitrogen and oxygen atoms in total. The van der Waals surface area contributed by atoms with Crippen molar-refractivity contribution in [2.45, 2.75) is 23.5 Å². The number of rotatable bonds is 7. The van der Waals surface area contributed by atoms with Gasteiger partial charge in [-0.3, -0.25) is 9.52 Å². The molecule has 0 atom stereocenters. The first kappa shape index (κ1) is 21.8. The minimum absolute atomic E-state index is 0.0812. The average Bonchev–Trinajstić information content (AvgIpc) is 3.33. The molecule has 0 aliphatic rings. The van der Waals surface area contributed by atoms with Crippen LogP contribution in [-0.4, -0.2) is 42.0 Å². The number of hydrogen-bond donors (Lipinski definition) is 1. The maximum atomic E-state index is 12.7. The first-order chi connectivity index (χ1) is 14.0. The van der Waals surface area contributed by atoms with E-state index >= 15 is 0 Å². The minimum atomic E-state index is -4.41. The zero-order chi connectivity index (χ0) is 21.9. The molecule has 0 spiro atoms. The van der Waals surface area contributed by atoms with Crippen LogP contribution in [0.4, 0.5) is 18.9 Å². The molecule has 0 bridgehead atoms. The smallest absolute Gasteiger partial charge is 0.334 e. The summed E-state index contributed by atoms with van der Waals surface area (Å²) in [4.78, 5) is 17.8. The van der Waals surface area contributed by atoms with Gasteiger partial charge in [0.15, 0.2) is 0 Å². The van der Waals surface area contributed by atoms with Gasteiger partial charge in [0, 0.05) is 30.7 Å². The number of benzene rings is 1. The first-order valence-electron chi connectivity index (χ1n) is 8.54. The summed E-state index contributed by atoms with van der Waals surface area (Å²) >= 11 is 1.06. The number of sulfonamides is 1. The Balaban J connectivity index is 1.73. The fourth-order valence-electron chi connectivity index (χ4n) is 2.67. The molecule has 0 aliphatic carbocycles. The standard InChI is InChI=1S/C18H17F3N4O3S2/c1-24(11-15-22-7-8-25(15)12-18(19,20)21)17(26)13-4-2-5-14(10-13)23-30(27,28)16-6-3-9-29-16/h2-10,23H,11-12H2,1H3. The van der Waals surface area contributed by atoms with Crippen molar-refractivity contribution >= 4 is 33.0 Å². The van der Waals surface area contributed by atoms with Gasteiger partial charge in [0.25, 0.3) is 15.9 Å². The number of carbonyl (C=O) groups excluding carboxylic acids is 1. The lowest BCUT2D eigenvalue weighted by molar-refractivity contribution is -0.141. The van der Waals surface area contributed by atoms with Crippen LogP contribution in [0.1, 0.15) is 16.2 Å². The monoisotopic (exact) mass is 458 g/mol. The van der Waals surface area contributed by atoms with E-state index in [4.69, 9.17) is 0 Å². The number of hydrogen-bond acceptors (Lipinski definition) is 5. The number of nitrogens with zero attached hydrogens (tertiary/aromatic N) is 3. The highest BCUT2D eigenvalue weighted by molar-refractivity contribution is 7.94. The highest BCUT2D eigenvalue weighted by Gasteiger charge is 2.29. The van der Waals surface area contributed by atoms with Crippen molar-refractivity contribution < 1.29 is 26.4 Å². The Bertz CT molecular complexity index is 1130. The van der Waals surface area contributed by atoms with Crippen molar-refractivity contribution in [2.24, 2.45) is 0 Å². The molecule has 0 unspecified atom stereocenters. The van der Waals surface area contributed by atoms with Gasteiger partial charge in [-0.05, 0) is 29.6 Å². The zero-order valence-electron chi connectivity index (χ0n) is 15.6. The van der Waals surface area contributed by atoms with Crippen molar-refractivity contribution in [2.75, 3.05) is 11.8 Å². The molecule has 1 N–H and O–H groups in total. The number of imidazole rings is 1. The van der Waals surface area contributed by atoms with Crippen molar-refractivity contribution in [1.82, 2.24) is 14.5 Å². The molecule has 3 rings (SSSR count). The van der Waals surface area contributed by atoms with Gasteiger partial charge in [0.2, 0.25) is 0 Å². The van der Waals surface area contributed by atoms with Gasteiger partial charge < -0.3 is 9.47 Å². The summed E-state index contributed by atoms with van der Waals surface area (Å²) in [6.07, 6.45) is -1.98. The Kier molecular flexibility index (Phi) is 6.17. The normalized spacial score (nSPS) is 12.0. The van der Waals surface area contributed by atoms with E-state index in [9.17, 15) is 26.4 Å². The highest BCUT2D eigenvalue weighted by atomic mass is 32.2. The van der Waals surface area contributed by atoms with Crippen LogP contribution < -0.4 is 4.72 Å². The number of carbonyl (C=O) groups is 1. The summed E-state index contributed by atoms with van der Waals surface area (Å²) in [6, 6.07) is 8.93. The third kappa shape index (κ3) is 5.39. The molecule has 3 aromatic rings. The van der Waals surface area contributed by atoms with Crippen LogP contribution in [0.25, 0.3) is 0 Å². The molecule has 0 fully saturated rings. The predicted octanol–water partition coefficient (Wildman–Crippen LogP) is 3.58. The fourth-order valence-corrected chi connectivity index (χ4v) is 4.71. The fraction of sp³-hybridized carbons (Fsp3) is 0.222. The van der Waals surface area contributed by atoms with E-state index in [-0.39, 0.29) is 27.8 Å². The SMILES string of the molecule is CN(Cc1nccn1CC(F)(F)F)C(=O)c1cccc(NS(=O)(=O)c2cccs2)c1. The molecular formula is C18H17F3N4O3S2. The number of thiophene rings is 1. The van der Waals surface area contributed by atoms with E-state index in [0.717, 1.165) is 15.9 Å². The number of alkyl halides is 3. The van der Waals surface area contributed by atoms with Gasteiger partial charge in [-0.15, -0.1) is 11.3 Å². The highest BCUT2D eigenvalue weighted by Crippen LogP contribution is 2.22. The molecule has 2 heterocycles. The number of nitrogens with one attached hydrogen (secondary N) is 1. The summed E-state index contributed by atoms with van der Waals surface area (Å²) in [5.74, 6) is -0.411. The number of aromatic nitrogens is 2. The van der Waals surface area contributed by atoms with E-state index in [1.54, 1.807) is 11.4 Å². The van der Waals surface area contributed by atoms with Crippen molar-refractivity contribution in [3.8, 4) is 0 Å². The van der Waals surface area contributed by atoms with Gasteiger partial charge in [0.1, 0.15) is 16.6 Å². The predicted molar refractivity (Wildman–Crippen MR) is 106 cm³/mol. The van der Waals surface area contributed by atoms with Gasteiger partial charge in [-0.1, -0.05) is 12.1 Å². The summed E-state index contributed by atoms with van der Waals surface area (Å²) in [6.45, 7) is -1.35. The first-order valence-corrected chi connectivity index (χ1v) is 10.9. The molecule has 160 valence electrons. The van der Waals surface area contributed by atoms with Crippen LogP contribution in [0.5, 0.6) is 0 Å². The second kappa shape index (κ2) is 8.48. The van der Waals surface area contributed by atoms with E-state index < -0.39 is 28.7 Å². The van der Waals surface area contributed by atoms with Crippen LogP contribution in [0.15, 0.2) is 58.4 Å². The summed E-state index contributed by atoms with van der Waals surface area (Å²) in [5, 5.41) is 1.63. The molecule has 0 radical (unpaired) electrons. The summed E-state index contributed by atoms with van der Waals surface area (Å²) in [5.41, 5.74) is 0.374. The quantitative estimate of drug-likeness (QED) is 0.587. The molecule has 0 aliphatic heterocycles. The van der Waals surface area contributed by atoms with Crippen LogP contribution in [0.2, 0.25) is 0 Å². The lowest BCUT2D eigenvalue weighted by Gasteiger charge is -2.19. The largest absolute Gasteiger partial charge is 0.406 e. The molecule has 1 amide bonds. The van der Waals surface area contributed by atoms with Gasteiger partial charge in [-0.2, -0.15) is 13.2 Å². The molecule has 1 aromatic carbocycles. The minimum Gasteiger partial charge on any atom is -0.334 e. The maximum absolute atomic E-state index is 12.7. The molecule has 2 aromatic heterocycles. The number of anilines is 1. The van der Waals surface area contributed by atoms with Crippen LogP contribution in [0, 0.1) is 0 Å². The second-order valence-electron chi connectivity index (χ2n) is 6.37. The third-order valence-corrected chi connectivity index (χ3v) is 6.78. The van der Waals surface area contributed by atoms with Crippen LogP contribution in [0.3, 0.4) is 0 Å². The topological polar surface area (TPSA) is 84.3 Å². The summed E-state index contributed by atoms with van der Waals surface area (Å²) < 4.78 is 66.1. The zero-order valence-corrected chi connectivity index (χ0v) is 17.3. The number of amides is 1. The van der Waals surface area contributed by atoms with Crippen LogP contribution in [-0.2, 0) is 23.1 Å². The Hall–Kier alpha value is -2.86. The Morgan fingerprint density at radius 2 is 2.03 bits per heavy atom. The van der Waals surface area contributed by atoms with Crippen LogP contribution >= 0.6 is 11.3 Å². The van der Waals surface area contributed by atoms with E-state index in [0.29, 0.717) is 0 Å². The Morgan fingerprint density at radius 3 is 2.70 bits per heavy atom. The average molecular weight is 458 g/mol. The maximum Gasteiger partial charge on any atom is 0.406 e. The van der Waals surface area contributed by atoms with Gasteiger partial charge >= 0.3 is 6.18 Å².